The molecule has 0 fully saturated rings. The number of aliphatic imine (C=N–C) groups is 1. The van der Waals surface area contributed by atoms with Crippen LogP contribution < -0.4 is 20.7 Å². The van der Waals surface area contributed by atoms with Crippen LogP contribution in [0.5, 0.6) is 5.75 Å². The fraction of sp³-hybridized carbons (Fsp3) is 0.364. The molecule has 7 heteroatoms. The highest BCUT2D eigenvalue weighted by molar-refractivity contribution is 14.0. The molecule has 2 rings (SSSR count). The number of halogens is 1. The molecule has 0 aliphatic rings. The number of rotatable bonds is 9. The summed E-state index contributed by atoms with van der Waals surface area (Å²) in [7, 11) is 1.74. The molecule has 0 spiro atoms. The van der Waals surface area contributed by atoms with Gasteiger partial charge in [0.25, 0.3) is 0 Å². The van der Waals surface area contributed by atoms with Gasteiger partial charge in [-0.05, 0) is 37.1 Å². The maximum absolute atomic E-state index is 11.8. The topological polar surface area (TPSA) is 74.8 Å². The van der Waals surface area contributed by atoms with Crippen LogP contribution in [0, 0.1) is 0 Å². The summed E-state index contributed by atoms with van der Waals surface area (Å²) in [5.41, 5.74) is 2.95. The van der Waals surface area contributed by atoms with Gasteiger partial charge in [0.15, 0.2) is 5.96 Å². The van der Waals surface area contributed by atoms with Gasteiger partial charge in [-0.3, -0.25) is 9.79 Å². The average Bonchev–Trinajstić information content (AvgIpc) is 2.70. The molecule has 3 N–H and O–H groups in total. The molecule has 158 valence electrons. The van der Waals surface area contributed by atoms with Gasteiger partial charge >= 0.3 is 0 Å². The monoisotopic (exact) mass is 510 g/mol. The van der Waals surface area contributed by atoms with E-state index in [1.807, 2.05) is 62.4 Å². The summed E-state index contributed by atoms with van der Waals surface area (Å²) in [6.07, 6.45) is 1.36. The van der Waals surface area contributed by atoms with Crippen molar-refractivity contribution in [3.05, 3.63) is 59.7 Å². The SMILES string of the molecule is CCCC(=O)Nc1cccc(CNC(=NC)NCc2ccccc2OCC)c1.I. The summed E-state index contributed by atoms with van der Waals surface area (Å²) < 4.78 is 5.66. The smallest absolute Gasteiger partial charge is 0.224 e. The first-order chi connectivity index (χ1) is 13.7. The van der Waals surface area contributed by atoms with Crippen molar-refractivity contribution in [2.24, 2.45) is 4.99 Å². The van der Waals surface area contributed by atoms with E-state index >= 15 is 0 Å². The second-order valence-electron chi connectivity index (χ2n) is 6.32. The number of hydrogen-bond donors (Lipinski definition) is 3. The molecule has 0 atom stereocenters. The lowest BCUT2D eigenvalue weighted by atomic mass is 10.2. The average molecular weight is 510 g/mol. The van der Waals surface area contributed by atoms with Gasteiger partial charge in [0, 0.05) is 37.8 Å². The van der Waals surface area contributed by atoms with Crippen LogP contribution in [0.25, 0.3) is 0 Å². The molecule has 0 saturated heterocycles. The van der Waals surface area contributed by atoms with Crippen molar-refractivity contribution in [2.75, 3.05) is 19.0 Å². The van der Waals surface area contributed by atoms with E-state index in [1.165, 1.54) is 0 Å². The van der Waals surface area contributed by atoms with Crippen LogP contribution in [-0.4, -0.2) is 25.5 Å². The molecule has 0 bridgehead atoms. The summed E-state index contributed by atoms with van der Waals surface area (Å²) in [4.78, 5) is 16.0. The second-order valence-corrected chi connectivity index (χ2v) is 6.32. The summed E-state index contributed by atoms with van der Waals surface area (Å²) in [6.45, 7) is 5.82. The molecule has 0 unspecified atom stereocenters. The van der Waals surface area contributed by atoms with Gasteiger partial charge in [0.2, 0.25) is 5.91 Å². The minimum atomic E-state index is 0. The fourth-order valence-corrected chi connectivity index (χ4v) is 2.74. The van der Waals surface area contributed by atoms with E-state index in [0.717, 1.165) is 29.0 Å². The number of hydrogen-bond acceptors (Lipinski definition) is 3. The van der Waals surface area contributed by atoms with E-state index in [9.17, 15) is 4.79 Å². The Morgan fingerprint density at radius 3 is 2.52 bits per heavy atom. The third-order valence-corrected chi connectivity index (χ3v) is 4.09. The van der Waals surface area contributed by atoms with Gasteiger partial charge < -0.3 is 20.7 Å². The number of nitrogens with one attached hydrogen (secondary N) is 3. The summed E-state index contributed by atoms with van der Waals surface area (Å²) in [5.74, 6) is 1.62. The number of carbonyl (C=O) groups is 1. The van der Waals surface area contributed by atoms with Crippen LogP contribution >= 0.6 is 24.0 Å². The number of para-hydroxylation sites is 1. The van der Waals surface area contributed by atoms with E-state index in [-0.39, 0.29) is 29.9 Å². The lowest BCUT2D eigenvalue weighted by Crippen LogP contribution is -2.36. The Bertz CT molecular complexity index is 796. The first kappa shape index (κ1) is 24.7. The largest absolute Gasteiger partial charge is 0.494 e. The van der Waals surface area contributed by atoms with Crippen molar-refractivity contribution in [2.45, 2.75) is 39.8 Å². The predicted molar refractivity (Wildman–Crippen MR) is 130 cm³/mol. The molecule has 0 saturated carbocycles. The lowest BCUT2D eigenvalue weighted by molar-refractivity contribution is -0.116. The normalized spacial score (nSPS) is 10.7. The summed E-state index contributed by atoms with van der Waals surface area (Å²) >= 11 is 0. The molecule has 29 heavy (non-hydrogen) atoms. The molecule has 6 nitrogen and oxygen atoms in total. The van der Waals surface area contributed by atoms with Crippen molar-refractivity contribution in [3.63, 3.8) is 0 Å². The van der Waals surface area contributed by atoms with Crippen LogP contribution in [0.3, 0.4) is 0 Å². The zero-order valence-corrected chi connectivity index (χ0v) is 19.7. The molecular weight excluding hydrogens is 479 g/mol. The first-order valence-electron chi connectivity index (χ1n) is 9.70. The fourth-order valence-electron chi connectivity index (χ4n) is 2.74. The van der Waals surface area contributed by atoms with E-state index in [0.29, 0.717) is 32.1 Å². The minimum Gasteiger partial charge on any atom is -0.494 e. The van der Waals surface area contributed by atoms with Crippen molar-refractivity contribution in [3.8, 4) is 5.75 Å². The van der Waals surface area contributed by atoms with Crippen molar-refractivity contribution in [1.29, 1.82) is 0 Å². The van der Waals surface area contributed by atoms with E-state index in [4.69, 9.17) is 4.74 Å². The van der Waals surface area contributed by atoms with Crippen molar-refractivity contribution >= 4 is 41.5 Å². The van der Waals surface area contributed by atoms with Crippen molar-refractivity contribution in [1.82, 2.24) is 10.6 Å². The number of carbonyl (C=O) groups excluding carboxylic acids is 1. The second kappa shape index (κ2) is 13.8. The van der Waals surface area contributed by atoms with E-state index in [1.54, 1.807) is 7.05 Å². The van der Waals surface area contributed by atoms with Gasteiger partial charge in [0.1, 0.15) is 5.75 Å². The van der Waals surface area contributed by atoms with Crippen LogP contribution in [-0.2, 0) is 17.9 Å². The molecule has 0 aliphatic carbocycles. The molecule has 1 amide bonds. The third kappa shape index (κ3) is 8.72. The van der Waals surface area contributed by atoms with Gasteiger partial charge in [-0.1, -0.05) is 37.3 Å². The molecule has 0 radical (unpaired) electrons. The zero-order chi connectivity index (χ0) is 20.2. The van der Waals surface area contributed by atoms with E-state index < -0.39 is 0 Å². The van der Waals surface area contributed by atoms with Crippen LogP contribution in [0.15, 0.2) is 53.5 Å². The zero-order valence-electron chi connectivity index (χ0n) is 17.3. The maximum Gasteiger partial charge on any atom is 0.224 e. The Morgan fingerprint density at radius 2 is 1.79 bits per heavy atom. The number of guanidine groups is 1. The highest BCUT2D eigenvalue weighted by Gasteiger charge is 2.05. The first-order valence-corrected chi connectivity index (χ1v) is 9.70. The van der Waals surface area contributed by atoms with Gasteiger partial charge in [0.05, 0.1) is 6.61 Å². The highest BCUT2D eigenvalue weighted by atomic mass is 127. The summed E-state index contributed by atoms with van der Waals surface area (Å²) in [6, 6.07) is 15.8. The molecule has 0 aliphatic heterocycles. The van der Waals surface area contributed by atoms with Crippen molar-refractivity contribution < 1.29 is 9.53 Å². The number of ether oxygens (including phenoxy) is 1. The number of anilines is 1. The van der Waals surface area contributed by atoms with E-state index in [2.05, 4.69) is 20.9 Å². The Morgan fingerprint density at radius 1 is 1.03 bits per heavy atom. The minimum absolute atomic E-state index is 0. The Hall–Kier alpha value is -2.29. The van der Waals surface area contributed by atoms with Crippen LogP contribution in [0.4, 0.5) is 5.69 Å². The number of benzene rings is 2. The number of nitrogens with zero attached hydrogens (tertiary/aromatic N) is 1. The van der Waals surface area contributed by atoms with Crippen LogP contribution in [0.2, 0.25) is 0 Å². The van der Waals surface area contributed by atoms with Gasteiger partial charge in [-0.2, -0.15) is 0 Å². The van der Waals surface area contributed by atoms with Gasteiger partial charge in [-0.25, -0.2) is 0 Å². The third-order valence-electron chi connectivity index (χ3n) is 4.09. The molecule has 2 aromatic carbocycles. The molecule has 0 heterocycles. The molecule has 2 aromatic rings. The van der Waals surface area contributed by atoms with Crippen LogP contribution in [0.1, 0.15) is 37.8 Å². The summed E-state index contributed by atoms with van der Waals surface area (Å²) in [5, 5.41) is 9.53. The Balaban J connectivity index is 0.00000420. The Kier molecular flexibility index (Phi) is 11.8. The Labute approximate surface area is 190 Å². The van der Waals surface area contributed by atoms with Gasteiger partial charge in [-0.15, -0.1) is 24.0 Å². The maximum atomic E-state index is 11.8. The number of amides is 1. The lowest BCUT2D eigenvalue weighted by Gasteiger charge is -2.15. The predicted octanol–water partition coefficient (Wildman–Crippen LogP) is 4.31. The quantitative estimate of drug-likeness (QED) is 0.267. The molecule has 0 aromatic heterocycles. The highest BCUT2D eigenvalue weighted by Crippen LogP contribution is 2.17. The molecular formula is C22H31IN4O2. The standard InChI is InChI=1S/C22H30N4O2.HI/c1-4-9-21(27)26-19-12-8-10-17(14-19)15-24-22(23-3)25-16-18-11-6-7-13-20(18)28-5-2;/h6-8,10-14H,4-5,9,15-16H2,1-3H3,(H,26,27)(H2,23,24,25);1H.